The molecule has 3 aromatic rings. The lowest BCUT2D eigenvalue weighted by atomic mass is 10.2. The molecule has 1 N–H and O–H groups in total. The first-order chi connectivity index (χ1) is 14.0. The molecule has 1 fully saturated rings. The maximum atomic E-state index is 14.0. The zero-order valence-corrected chi connectivity index (χ0v) is 15.9. The molecule has 0 saturated heterocycles. The Morgan fingerprint density at radius 3 is 3.00 bits per heavy atom. The van der Waals surface area contributed by atoms with Crippen molar-refractivity contribution in [2.24, 2.45) is 0 Å². The van der Waals surface area contributed by atoms with Crippen molar-refractivity contribution < 1.29 is 13.9 Å². The highest BCUT2D eigenvalue weighted by Crippen LogP contribution is 2.38. The summed E-state index contributed by atoms with van der Waals surface area (Å²) < 4.78 is 21.6. The first-order valence-electron chi connectivity index (χ1n) is 9.75. The number of rotatable bonds is 0. The van der Waals surface area contributed by atoms with Crippen LogP contribution in [0.2, 0.25) is 0 Å². The van der Waals surface area contributed by atoms with E-state index in [1.165, 1.54) is 6.07 Å². The normalized spacial score (nSPS) is 21.9. The molecule has 1 amide bonds. The number of hydrogen-bond acceptors (Lipinski definition) is 6. The number of fused-ring (bicyclic) bond motifs is 1. The Morgan fingerprint density at radius 2 is 2.17 bits per heavy atom. The van der Waals surface area contributed by atoms with Crippen molar-refractivity contribution in [2.45, 2.75) is 44.3 Å². The van der Waals surface area contributed by atoms with Crippen LogP contribution in [0, 0.1) is 5.82 Å². The van der Waals surface area contributed by atoms with Crippen molar-refractivity contribution in [3.05, 3.63) is 47.2 Å². The number of carbonyl (C=O) groups is 1. The third-order valence-corrected chi connectivity index (χ3v) is 6.06. The summed E-state index contributed by atoms with van der Waals surface area (Å²) in [6.07, 6.45) is 7.08. The lowest BCUT2D eigenvalue weighted by molar-refractivity contribution is 0.0913. The van der Waals surface area contributed by atoms with E-state index in [2.05, 4.69) is 27.2 Å². The van der Waals surface area contributed by atoms with Gasteiger partial charge in [-0.25, -0.2) is 18.9 Å². The maximum Gasteiger partial charge on any atom is 0.257 e. The molecule has 2 bridgehead atoms. The van der Waals surface area contributed by atoms with Gasteiger partial charge in [-0.3, -0.25) is 4.79 Å². The molecule has 2 aliphatic heterocycles. The van der Waals surface area contributed by atoms with Crippen molar-refractivity contribution in [1.82, 2.24) is 24.9 Å². The number of nitrogens with one attached hydrogen (secondary N) is 1. The smallest absolute Gasteiger partial charge is 0.257 e. The van der Waals surface area contributed by atoms with Crippen LogP contribution in [0.25, 0.3) is 5.65 Å². The summed E-state index contributed by atoms with van der Waals surface area (Å²) >= 11 is 0. The molecule has 1 saturated carbocycles. The Morgan fingerprint density at radius 1 is 1.31 bits per heavy atom. The number of halogens is 1. The van der Waals surface area contributed by atoms with Crippen LogP contribution in [0.3, 0.4) is 0 Å². The fourth-order valence-electron chi connectivity index (χ4n) is 4.23. The third-order valence-electron chi connectivity index (χ3n) is 6.06. The van der Waals surface area contributed by atoms with E-state index in [4.69, 9.17) is 9.72 Å². The predicted octanol–water partition coefficient (Wildman–Crippen LogP) is 1.87. The Labute approximate surface area is 165 Å². The van der Waals surface area contributed by atoms with Gasteiger partial charge >= 0.3 is 0 Å². The second-order valence-electron chi connectivity index (χ2n) is 8.24. The average Bonchev–Trinajstić information content (AvgIpc) is 3.21. The molecule has 6 rings (SSSR count). The number of hydrogen-bond donors (Lipinski definition) is 1. The number of nitrogens with zero attached hydrogens (tertiary/aromatic N) is 5. The third kappa shape index (κ3) is 2.56. The first kappa shape index (κ1) is 16.7. The molecule has 148 valence electrons. The van der Waals surface area contributed by atoms with Crippen molar-refractivity contribution in [3.8, 4) is 5.88 Å². The molecule has 29 heavy (non-hydrogen) atoms. The van der Waals surface area contributed by atoms with E-state index in [0.29, 0.717) is 35.8 Å². The summed E-state index contributed by atoms with van der Waals surface area (Å²) in [5.41, 5.74) is 2.25. The van der Waals surface area contributed by atoms with Gasteiger partial charge in [-0.05, 0) is 32.3 Å². The van der Waals surface area contributed by atoms with Gasteiger partial charge in [0.1, 0.15) is 23.8 Å². The monoisotopic (exact) mass is 394 g/mol. The molecule has 3 aliphatic rings. The molecule has 8 nitrogen and oxygen atoms in total. The minimum absolute atomic E-state index is 0.165. The number of amides is 1. The van der Waals surface area contributed by atoms with Crippen LogP contribution in [0.15, 0.2) is 24.7 Å². The van der Waals surface area contributed by atoms with E-state index in [1.54, 1.807) is 10.7 Å². The Bertz CT molecular complexity index is 1170. The van der Waals surface area contributed by atoms with Gasteiger partial charge in [0.25, 0.3) is 5.91 Å². The molecule has 3 aromatic heterocycles. The van der Waals surface area contributed by atoms with Gasteiger partial charge in [-0.2, -0.15) is 5.10 Å². The number of ether oxygens (including phenoxy) is 1. The maximum absolute atomic E-state index is 14.0. The summed E-state index contributed by atoms with van der Waals surface area (Å²) in [6, 6.07) is 1.63. The Balaban J connectivity index is 1.54. The van der Waals surface area contributed by atoms with E-state index < -0.39 is 11.4 Å². The number of pyridine rings is 1. The lowest BCUT2D eigenvalue weighted by Gasteiger charge is -2.25. The first-order valence-corrected chi connectivity index (χ1v) is 9.75. The van der Waals surface area contributed by atoms with Gasteiger partial charge in [0.15, 0.2) is 5.65 Å². The van der Waals surface area contributed by atoms with Crippen LogP contribution in [0.1, 0.15) is 41.3 Å². The highest BCUT2D eigenvalue weighted by atomic mass is 19.1. The minimum Gasteiger partial charge on any atom is -0.475 e. The Kier molecular flexibility index (Phi) is 3.25. The highest BCUT2D eigenvalue weighted by Gasteiger charge is 2.46. The van der Waals surface area contributed by atoms with Gasteiger partial charge in [-0.15, -0.1) is 0 Å². The number of anilines is 1. The molecule has 1 spiro atoms. The van der Waals surface area contributed by atoms with Gasteiger partial charge < -0.3 is 15.0 Å². The molecular formula is C20H19FN6O2. The van der Waals surface area contributed by atoms with Crippen LogP contribution >= 0.6 is 0 Å². The van der Waals surface area contributed by atoms with Crippen molar-refractivity contribution in [2.75, 3.05) is 11.5 Å². The van der Waals surface area contributed by atoms with Crippen LogP contribution in [0.5, 0.6) is 5.88 Å². The molecule has 1 aliphatic carbocycles. The number of carbonyl (C=O) groups excluding carboxylic acids is 1. The molecule has 9 heteroatoms. The highest BCUT2D eigenvalue weighted by molar-refractivity contribution is 6.00. The molecule has 1 atom stereocenters. The van der Waals surface area contributed by atoms with Crippen LogP contribution in [-0.4, -0.2) is 43.7 Å². The van der Waals surface area contributed by atoms with Crippen LogP contribution in [-0.2, 0) is 13.0 Å². The van der Waals surface area contributed by atoms with E-state index in [0.717, 1.165) is 36.8 Å². The zero-order valence-electron chi connectivity index (χ0n) is 15.9. The SMILES string of the molecule is CC1Cc2cn3ncc4c3nc2N1Cc1cc(F)cnc1OCC1(CC1)NC4=O. The summed E-state index contributed by atoms with van der Waals surface area (Å²) in [5.74, 6) is 0.573. The standard InChI is InChI=1S/C20H19FN6O2/c1-11-4-12-9-27-17-15(7-23-27)18(28)25-20(2-3-20)10-29-19-13(5-14(21)6-22-19)8-26(11)16(12)24-17/h5-7,9,11H,2-4,8,10H2,1H3,(H,25,28). The summed E-state index contributed by atoms with van der Waals surface area (Å²) in [5, 5.41) is 7.42. The van der Waals surface area contributed by atoms with Gasteiger partial charge in [0.2, 0.25) is 5.88 Å². The largest absolute Gasteiger partial charge is 0.475 e. The van der Waals surface area contributed by atoms with Crippen molar-refractivity contribution in [1.29, 1.82) is 0 Å². The average molecular weight is 394 g/mol. The summed E-state index contributed by atoms with van der Waals surface area (Å²) in [4.78, 5) is 24.0. The van der Waals surface area contributed by atoms with Crippen LogP contribution in [0.4, 0.5) is 10.2 Å². The van der Waals surface area contributed by atoms with Crippen molar-refractivity contribution in [3.63, 3.8) is 0 Å². The second kappa shape index (κ2) is 5.65. The fraction of sp³-hybridized carbons (Fsp3) is 0.400. The molecule has 0 aromatic carbocycles. The topological polar surface area (TPSA) is 84.7 Å². The van der Waals surface area contributed by atoms with Gasteiger partial charge in [0, 0.05) is 23.4 Å². The summed E-state index contributed by atoms with van der Waals surface area (Å²) in [6.45, 7) is 2.82. The fourth-order valence-corrected chi connectivity index (χ4v) is 4.23. The predicted molar refractivity (Wildman–Crippen MR) is 101 cm³/mol. The van der Waals surface area contributed by atoms with E-state index in [-0.39, 0.29) is 11.9 Å². The number of aromatic nitrogens is 4. The zero-order chi connectivity index (χ0) is 19.8. The summed E-state index contributed by atoms with van der Waals surface area (Å²) in [7, 11) is 0. The van der Waals surface area contributed by atoms with Gasteiger partial charge in [-0.1, -0.05) is 0 Å². The van der Waals surface area contributed by atoms with Crippen LogP contribution < -0.4 is 15.0 Å². The molecule has 5 heterocycles. The quantitative estimate of drug-likeness (QED) is 0.627. The minimum atomic E-state index is -0.431. The van der Waals surface area contributed by atoms with E-state index >= 15 is 0 Å². The molecule has 1 unspecified atom stereocenters. The lowest BCUT2D eigenvalue weighted by Crippen LogP contribution is -2.41. The van der Waals surface area contributed by atoms with Gasteiger partial charge in [0.05, 0.1) is 24.5 Å². The Hall–Kier alpha value is -3.23. The van der Waals surface area contributed by atoms with Crippen molar-refractivity contribution >= 4 is 17.4 Å². The van der Waals surface area contributed by atoms with E-state index in [1.807, 2.05) is 6.20 Å². The second-order valence-corrected chi connectivity index (χ2v) is 8.24. The molecular weight excluding hydrogens is 375 g/mol. The van der Waals surface area contributed by atoms with E-state index in [9.17, 15) is 9.18 Å². The molecule has 0 radical (unpaired) electrons.